The molecule has 7 nitrogen and oxygen atoms in total. The van der Waals surface area contributed by atoms with Gasteiger partial charge in [-0.1, -0.05) is 41.1 Å². The average Bonchev–Trinajstić information content (AvgIpc) is 2.71. The van der Waals surface area contributed by atoms with Crippen molar-refractivity contribution in [2.24, 2.45) is 5.92 Å². The first-order chi connectivity index (χ1) is 13.9. The molecule has 8 heteroatoms. The molecule has 0 aliphatic carbocycles. The molecule has 2 amide bonds. The van der Waals surface area contributed by atoms with Gasteiger partial charge in [0.25, 0.3) is 5.91 Å². The lowest BCUT2D eigenvalue weighted by Crippen LogP contribution is -2.22. The van der Waals surface area contributed by atoms with E-state index < -0.39 is 18.1 Å². The first kappa shape index (κ1) is 22.4. The number of nitrogens with one attached hydrogen (secondary N) is 2. The Morgan fingerprint density at radius 1 is 1.14 bits per heavy atom. The number of amides is 2. The third kappa shape index (κ3) is 7.59. The fourth-order valence-electron chi connectivity index (χ4n) is 2.71. The van der Waals surface area contributed by atoms with Crippen LogP contribution in [0.15, 0.2) is 65.2 Å². The van der Waals surface area contributed by atoms with Gasteiger partial charge in [-0.3, -0.25) is 15.3 Å². The fourth-order valence-corrected chi connectivity index (χ4v) is 2.98. The fraction of sp³-hybridized carbons (Fsp3) is 0.238. The van der Waals surface area contributed by atoms with Crippen molar-refractivity contribution >= 4 is 33.6 Å². The van der Waals surface area contributed by atoms with Gasteiger partial charge in [0.2, 0.25) is 0 Å². The van der Waals surface area contributed by atoms with Crippen LogP contribution in [0.2, 0.25) is 0 Å². The van der Waals surface area contributed by atoms with Crippen molar-refractivity contribution in [2.45, 2.75) is 25.9 Å². The highest BCUT2D eigenvalue weighted by Gasteiger charge is 2.23. The lowest BCUT2D eigenvalue weighted by atomic mass is 9.93. The largest absolute Gasteiger partial charge is 0.508 e. The lowest BCUT2D eigenvalue weighted by molar-refractivity contribution is -0.124. The van der Waals surface area contributed by atoms with Gasteiger partial charge in [0.1, 0.15) is 11.9 Å². The summed E-state index contributed by atoms with van der Waals surface area (Å²) >= 11 is 3.34. The summed E-state index contributed by atoms with van der Waals surface area (Å²) in [6, 6.07) is 13.6. The van der Waals surface area contributed by atoms with Gasteiger partial charge in [-0.05, 0) is 60.7 Å². The normalized spacial score (nSPS) is 12.9. The topological polar surface area (TPSA) is 108 Å². The number of halogens is 1. The molecule has 2 rings (SSSR count). The average molecular weight is 463 g/mol. The first-order valence-corrected chi connectivity index (χ1v) is 9.81. The molecule has 0 unspecified atom stereocenters. The molecule has 0 bridgehead atoms. The van der Waals surface area contributed by atoms with Gasteiger partial charge < -0.3 is 9.84 Å². The van der Waals surface area contributed by atoms with Crippen molar-refractivity contribution < 1.29 is 24.6 Å². The number of phenolic OH excluding ortho intramolecular Hbond substituents is 1. The van der Waals surface area contributed by atoms with E-state index in [9.17, 15) is 14.7 Å². The Morgan fingerprint density at radius 2 is 1.79 bits per heavy atom. The Balaban J connectivity index is 2.06. The van der Waals surface area contributed by atoms with Crippen molar-refractivity contribution in [1.29, 1.82) is 0 Å². The van der Waals surface area contributed by atoms with Gasteiger partial charge >= 0.3 is 6.09 Å². The highest BCUT2D eigenvalue weighted by Crippen LogP contribution is 2.31. The number of carbonyl (C=O) groups is 2. The number of ether oxygens (including phenoxy) is 1. The monoisotopic (exact) mass is 462 g/mol. The number of carbonyl (C=O) groups excluding carboxylic acids is 2. The Hall–Kier alpha value is -2.84. The summed E-state index contributed by atoms with van der Waals surface area (Å²) in [4.78, 5) is 23.5. The quantitative estimate of drug-likeness (QED) is 0.253. The molecular weight excluding hydrogens is 440 g/mol. The standard InChI is InChI=1S/C21H23BrN2O5/c1-14(4-2-3-5-19(26)24-28)20(15-6-12-18(25)13-7-15)29-21(27)23-17-10-8-16(22)9-11-17/h3,5-14,20,25,28H,2,4H2,1H3,(H,23,27)(H,24,26)/b5-3+/t14-,20+/m1/s1. The van der Waals surface area contributed by atoms with E-state index in [1.807, 2.05) is 19.1 Å². The van der Waals surface area contributed by atoms with Crippen LogP contribution in [0.5, 0.6) is 5.75 Å². The second-order valence-electron chi connectivity index (χ2n) is 6.48. The maximum absolute atomic E-state index is 12.4. The van der Waals surface area contributed by atoms with Gasteiger partial charge in [-0.2, -0.15) is 0 Å². The van der Waals surface area contributed by atoms with Crippen LogP contribution in [0, 0.1) is 5.92 Å². The van der Waals surface area contributed by atoms with Crippen LogP contribution >= 0.6 is 15.9 Å². The van der Waals surface area contributed by atoms with E-state index in [1.54, 1.807) is 30.3 Å². The first-order valence-electron chi connectivity index (χ1n) is 9.01. The zero-order chi connectivity index (χ0) is 21.2. The molecule has 154 valence electrons. The Kier molecular flexibility index (Phi) is 8.69. The number of allylic oxidation sites excluding steroid dienone is 1. The third-order valence-corrected chi connectivity index (χ3v) is 4.76. The highest BCUT2D eigenvalue weighted by atomic mass is 79.9. The number of hydrogen-bond donors (Lipinski definition) is 4. The molecule has 0 radical (unpaired) electrons. The zero-order valence-corrected chi connectivity index (χ0v) is 17.4. The van der Waals surface area contributed by atoms with E-state index in [0.29, 0.717) is 18.5 Å². The lowest BCUT2D eigenvalue weighted by Gasteiger charge is -2.24. The van der Waals surface area contributed by atoms with E-state index >= 15 is 0 Å². The minimum Gasteiger partial charge on any atom is -0.508 e. The van der Waals surface area contributed by atoms with Crippen LogP contribution in [-0.4, -0.2) is 22.3 Å². The second-order valence-corrected chi connectivity index (χ2v) is 7.40. The molecule has 4 N–H and O–H groups in total. The molecule has 0 aliphatic rings. The predicted octanol–water partition coefficient (Wildman–Crippen LogP) is 4.92. The number of hydrogen-bond acceptors (Lipinski definition) is 5. The third-order valence-electron chi connectivity index (χ3n) is 4.23. The van der Waals surface area contributed by atoms with Crippen molar-refractivity contribution in [3.63, 3.8) is 0 Å². The molecule has 29 heavy (non-hydrogen) atoms. The number of benzene rings is 2. The van der Waals surface area contributed by atoms with Crippen molar-refractivity contribution in [3.8, 4) is 5.75 Å². The smallest absolute Gasteiger partial charge is 0.412 e. The molecule has 0 aliphatic heterocycles. The van der Waals surface area contributed by atoms with Crippen LogP contribution in [0.4, 0.5) is 10.5 Å². The maximum Gasteiger partial charge on any atom is 0.412 e. The summed E-state index contributed by atoms with van der Waals surface area (Å²) in [6.45, 7) is 1.93. The van der Waals surface area contributed by atoms with Crippen molar-refractivity contribution in [1.82, 2.24) is 5.48 Å². The predicted molar refractivity (Wildman–Crippen MR) is 113 cm³/mol. The van der Waals surface area contributed by atoms with Gasteiger partial charge in [0.05, 0.1) is 0 Å². The summed E-state index contributed by atoms with van der Waals surface area (Å²) in [7, 11) is 0. The molecule has 0 aromatic heterocycles. The Bertz CT molecular complexity index is 837. The molecule has 0 saturated heterocycles. The molecule has 2 aromatic rings. The molecule has 2 aromatic carbocycles. The number of aromatic hydroxyl groups is 1. The van der Waals surface area contributed by atoms with Crippen LogP contribution < -0.4 is 10.8 Å². The summed E-state index contributed by atoms with van der Waals surface area (Å²) in [6.07, 6.45) is 2.92. The Labute approximate surface area is 177 Å². The van der Waals surface area contributed by atoms with Gasteiger partial charge in [0.15, 0.2) is 0 Å². The van der Waals surface area contributed by atoms with Gasteiger partial charge in [0, 0.05) is 16.2 Å². The minimum absolute atomic E-state index is 0.0722. The van der Waals surface area contributed by atoms with Crippen molar-refractivity contribution in [3.05, 3.63) is 70.7 Å². The number of phenols is 1. The molecule has 0 heterocycles. The number of anilines is 1. The van der Waals surface area contributed by atoms with Crippen LogP contribution in [0.1, 0.15) is 31.4 Å². The number of rotatable bonds is 8. The number of hydroxylamine groups is 1. The minimum atomic E-state index is -0.599. The van der Waals surface area contributed by atoms with E-state index in [1.165, 1.54) is 23.7 Å². The van der Waals surface area contributed by atoms with Gasteiger partial charge in [-0.15, -0.1) is 0 Å². The molecule has 0 fully saturated rings. The summed E-state index contributed by atoms with van der Waals surface area (Å²) in [5.74, 6) is -0.549. The Morgan fingerprint density at radius 3 is 2.41 bits per heavy atom. The maximum atomic E-state index is 12.4. The second kappa shape index (κ2) is 11.2. The molecule has 0 spiro atoms. The van der Waals surface area contributed by atoms with Crippen LogP contribution in [0.25, 0.3) is 0 Å². The molecule has 0 saturated carbocycles. The van der Waals surface area contributed by atoms with Crippen molar-refractivity contribution in [2.75, 3.05) is 5.32 Å². The SMILES string of the molecule is C[C@H](CC/C=C/C(=O)NO)[C@H](OC(=O)Nc1ccc(Br)cc1)c1ccc(O)cc1. The summed E-state index contributed by atoms with van der Waals surface area (Å²) < 4.78 is 6.58. The van der Waals surface area contributed by atoms with E-state index in [0.717, 1.165) is 10.0 Å². The summed E-state index contributed by atoms with van der Waals surface area (Å²) in [5, 5.41) is 20.7. The van der Waals surface area contributed by atoms with E-state index in [2.05, 4.69) is 21.2 Å². The molecule has 2 atom stereocenters. The van der Waals surface area contributed by atoms with E-state index in [4.69, 9.17) is 9.94 Å². The molecular formula is C21H23BrN2O5. The zero-order valence-electron chi connectivity index (χ0n) is 15.8. The highest BCUT2D eigenvalue weighted by molar-refractivity contribution is 9.10. The summed E-state index contributed by atoms with van der Waals surface area (Å²) in [5.41, 5.74) is 2.88. The van der Waals surface area contributed by atoms with Crippen LogP contribution in [-0.2, 0) is 9.53 Å². The van der Waals surface area contributed by atoms with Gasteiger partial charge in [-0.25, -0.2) is 10.3 Å². The van der Waals surface area contributed by atoms with E-state index in [-0.39, 0.29) is 11.7 Å². The van der Waals surface area contributed by atoms with Crippen LogP contribution in [0.3, 0.4) is 0 Å².